The van der Waals surface area contributed by atoms with Crippen molar-refractivity contribution in [1.29, 1.82) is 0 Å². The largest absolute Gasteiger partial charge is 1.00 e. The van der Waals surface area contributed by atoms with Crippen LogP contribution in [0.15, 0.2) is 0 Å². The van der Waals surface area contributed by atoms with Crippen LogP contribution in [0.5, 0.6) is 0 Å². The zero-order valence-corrected chi connectivity index (χ0v) is 17.4. The standard InChI is InChI=1S/C4H8Br2O6S2.2Na/c5-3(1-13(7,8)9)4(6)2-14(10,11)12;;/h3-4H,1-2H2,(H,7,8,9)(H,10,11,12);;/q;2*+1/p-2. The molecule has 0 radical (unpaired) electrons. The molecule has 0 spiro atoms. The Morgan fingerprint density at radius 3 is 1.12 bits per heavy atom. The molecule has 0 saturated carbocycles. The fraction of sp³-hybridized carbons (Fsp3) is 1.00. The normalized spacial score (nSPS) is 15.5. The van der Waals surface area contributed by atoms with Gasteiger partial charge >= 0.3 is 59.1 Å². The predicted octanol–water partition coefficient (Wildman–Crippen LogP) is -6.39. The summed E-state index contributed by atoms with van der Waals surface area (Å²) in [5.41, 5.74) is 0. The minimum absolute atomic E-state index is 0. The van der Waals surface area contributed by atoms with Crippen LogP contribution in [0.3, 0.4) is 0 Å². The van der Waals surface area contributed by atoms with E-state index in [0.29, 0.717) is 0 Å². The molecular formula is C4H6Br2Na2O6S2. The van der Waals surface area contributed by atoms with Gasteiger partial charge in [0.15, 0.2) is 0 Å². The summed E-state index contributed by atoms with van der Waals surface area (Å²) in [5.74, 6) is -1.56. The third-order valence-corrected chi connectivity index (χ3v) is 6.14. The molecule has 0 aliphatic carbocycles. The summed E-state index contributed by atoms with van der Waals surface area (Å²) < 4.78 is 61.7. The fourth-order valence-electron chi connectivity index (χ4n) is 0.599. The number of alkyl halides is 2. The van der Waals surface area contributed by atoms with Crippen LogP contribution < -0.4 is 59.1 Å². The van der Waals surface area contributed by atoms with E-state index in [1.165, 1.54) is 0 Å². The molecule has 12 heteroatoms. The molecule has 0 aliphatic rings. The molecule has 2 unspecified atom stereocenters. The van der Waals surface area contributed by atoms with Gasteiger partial charge in [0.05, 0.1) is 31.7 Å². The summed E-state index contributed by atoms with van der Waals surface area (Å²) in [6, 6.07) is 0. The summed E-state index contributed by atoms with van der Waals surface area (Å²) >= 11 is 5.60. The van der Waals surface area contributed by atoms with Gasteiger partial charge in [-0.15, -0.1) is 0 Å². The van der Waals surface area contributed by atoms with E-state index in [2.05, 4.69) is 31.9 Å². The first kappa shape index (κ1) is 23.8. The van der Waals surface area contributed by atoms with Crippen molar-refractivity contribution in [3.05, 3.63) is 0 Å². The Balaban J connectivity index is -0.000000845. The maximum Gasteiger partial charge on any atom is 1.00 e. The third-order valence-electron chi connectivity index (χ3n) is 1.12. The van der Waals surface area contributed by atoms with Gasteiger partial charge in [-0.3, -0.25) is 0 Å². The average molecular weight is 420 g/mol. The number of hydrogen-bond acceptors (Lipinski definition) is 6. The fourth-order valence-corrected chi connectivity index (χ4v) is 4.65. The molecule has 0 saturated heterocycles. The topological polar surface area (TPSA) is 114 Å². The summed E-state index contributed by atoms with van der Waals surface area (Å²) in [4.78, 5) is -1.82. The maximum atomic E-state index is 10.3. The van der Waals surface area contributed by atoms with E-state index in [1.54, 1.807) is 0 Å². The molecule has 0 bridgehead atoms. The van der Waals surface area contributed by atoms with Crippen molar-refractivity contribution < 1.29 is 85.1 Å². The average Bonchev–Trinajstić information content (AvgIpc) is 1.78. The maximum absolute atomic E-state index is 10.3. The molecule has 0 aliphatic heterocycles. The third kappa shape index (κ3) is 14.8. The second kappa shape index (κ2) is 9.65. The van der Waals surface area contributed by atoms with E-state index in [4.69, 9.17) is 0 Å². The summed E-state index contributed by atoms with van der Waals surface area (Å²) in [6.45, 7) is 0. The van der Waals surface area contributed by atoms with E-state index in [9.17, 15) is 25.9 Å². The Labute approximate surface area is 156 Å². The Kier molecular flexibility index (Phi) is 14.4. The van der Waals surface area contributed by atoms with Crippen LogP contribution in [0.25, 0.3) is 0 Å². The van der Waals surface area contributed by atoms with Gasteiger partial charge in [-0.05, 0) is 0 Å². The van der Waals surface area contributed by atoms with Gasteiger partial charge < -0.3 is 9.11 Å². The summed E-state index contributed by atoms with van der Waals surface area (Å²) in [5, 5.41) is 0. The first-order chi connectivity index (χ1) is 6.01. The molecule has 16 heavy (non-hydrogen) atoms. The molecule has 0 N–H and O–H groups in total. The van der Waals surface area contributed by atoms with Crippen molar-refractivity contribution >= 4 is 52.1 Å². The van der Waals surface area contributed by atoms with Crippen LogP contribution in [-0.2, 0) is 20.2 Å². The van der Waals surface area contributed by atoms with Crippen LogP contribution >= 0.6 is 31.9 Å². The van der Waals surface area contributed by atoms with Gasteiger partial charge in [0, 0.05) is 9.65 Å². The molecule has 2 atom stereocenters. The van der Waals surface area contributed by atoms with Crippen molar-refractivity contribution in [3.63, 3.8) is 0 Å². The van der Waals surface area contributed by atoms with E-state index < -0.39 is 41.4 Å². The molecule has 0 amide bonds. The molecular weight excluding hydrogens is 414 g/mol. The van der Waals surface area contributed by atoms with E-state index in [-0.39, 0.29) is 59.1 Å². The zero-order chi connectivity index (χ0) is 11.6. The predicted molar refractivity (Wildman–Crippen MR) is 54.6 cm³/mol. The van der Waals surface area contributed by atoms with Crippen LogP contribution in [0.4, 0.5) is 0 Å². The number of halogens is 2. The van der Waals surface area contributed by atoms with Crippen LogP contribution in [0.1, 0.15) is 0 Å². The monoisotopic (exact) mass is 418 g/mol. The Hall–Kier alpha value is 2.78. The minimum atomic E-state index is -4.45. The molecule has 0 aromatic heterocycles. The zero-order valence-electron chi connectivity index (χ0n) is 8.59. The number of hydrogen-bond donors (Lipinski definition) is 0. The molecule has 0 aromatic carbocycles. The summed E-state index contributed by atoms with van der Waals surface area (Å²) in [7, 11) is -8.90. The smallest absolute Gasteiger partial charge is 0.748 e. The molecule has 0 fully saturated rings. The summed E-state index contributed by atoms with van der Waals surface area (Å²) in [6.07, 6.45) is 0. The van der Waals surface area contributed by atoms with Crippen LogP contribution in [0.2, 0.25) is 0 Å². The molecule has 86 valence electrons. The van der Waals surface area contributed by atoms with E-state index >= 15 is 0 Å². The molecule has 0 heterocycles. The molecule has 0 rings (SSSR count). The first-order valence-electron chi connectivity index (χ1n) is 3.16. The van der Waals surface area contributed by atoms with Gasteiger partial charge in [-0.2, -0.15) is 0 Å². The van der Waals surface area contributed by atoms with Gasteiger partial charge in [-0.25, -0.2) is 16.8 Å². The van der Waals surface area contributed by atoms with Crippen LogP contribution in [0, 0.1) is 0 Å². The Bertz CT molecular complexity index is 343. The first-order valence-corrected chi connectivity index (χ1v) is 8.15. The van der Waals surface area contributed by atoms with Gasteiger partial charge in [0.2, 0.25) is 0 Å². The van der Waals surface area contributed by atoms with E-state index in [0.717, 1.165) is 0 Å². The van der Waals surface area contributed by atoms with Crippen molar-refractivity contribution in [1.82, 2.24) is 0 Å². The Morgan fingerprint density at radius 1 is 0.812 bits per heavy atom. The van der Waals surface area contributed by atoms with Crippen LogP contribution in [-0.4, -0.2) is 47.1 Å². The molecule has 0 aromatic rings. The SMILES string of the molecule is O=S(=O)([O-])CC(Br)C(Br)CS(=O)(=O)[O-].[Na+].[Na+]. The van der Waals surface area contributed by atoms with Crippen molar-refractivity contribution in [2.24, 2.45) is 0 Å². The van der Waals surface area contributed by atoms with Gasteiger partial charge in [0.1, 0.15) is 0 Å². The van der Waals surface area contributed by atoms with Crippen molar-refractivity contribution in [2.45, 2.75) is 9.65 Å². The van der Waals surface area contributed by atoms with E-state index in [1.807, 2.05) is 0 Å². The second-order valence-electron chi connectivity index (χ2n) is 2.48. The molecule has 6 nitrogen and oxygen atoms in total. The quantitative estimate of drug-likeness (QED) is 0.249. The second-order valence-corrected chi connectivity index (χ2v) is 7.73. The van der Waals surface area contributed by atoms with Crippen molar-refractivity contribution in [2.75, 3.05) is 11.5 Å². The van der Waals surface area contributed by atoms with Gasteiger partial charge in [-0.1, -0.05) is 31.9 Å². The minimum Gasteiger partial charge on any atom is -0.748 e. The van der Waals surface area contributed by atoms with Gasteiger partial charge in [0.25, 0.3) is 0 Å². The number of rotatable bonds is 5. The Morgan fingerprint density at radius 2 is 1.00 bits per heavy atom. The van der Waals surface area contributed by atoms with Crippen molar-refractivity contribution in [3.8, 4) is 0 Å².